The van der Waals surface area contributed by atoms with Crippen molar-refractivity contribution in [1.29, 1.82) is 0 Å². The number of ether oxygens (including phenoxy) is 1. The maximum Gasteiger partial charge on any atom is 0.124 e. The number of methoxy groups -OCH3 is 1. The van der Waals surface area contributed by atoms with Gasteiger partial charge in [-0.1, -0.05) is 0 Å². The summed E-state index contributed by atoms with van der Waals surface area (Å²) in [7, 11) is 3.44. The van der Waals surface area contributed by atoms with E-state index in [0.29, 0.717) is 6.61 Å². The summed E-state index contributed by atoms with van der Waals surface area (Å²) in [6, 6.07) is 4.87. The van der Waals surface area contributed by atoms with Gasteiger partial charge in [0, 0.05) is 25.2 Å². The number of hydrogen-bond acceptors (Lipinski definition) is 3. The van der Waals surface area contributed by atoms with Crippen molar-refractivity contribution < 1.29 is 9.13 Å². The maximum absolute atomic E-state index is 13.4. The van der Waals surface area contributed by atoms with E-state index in [9.17, 15) is 4.39 Å². The van der Waals surface area contributed by atoms with Crippen molar-refractivity contribution >= 4 is 16.6 Å². The van der Waals surface area contributed by atoms with Crippen molar-refractivity contribution in [2.45, 2.75) is 13.5 Å². The highest BCUT2D eigenvalue weighted by atomic mass is 19.1. The number of aryl methyl sites for hydroxylation is 1. The highest BCUT2D eigenvalue weighted by Crippen LogP contribution is 2.26. The fourth-order valence-corrected chi connectivity index (χ4v) is 1.94. The molecule has 1 N–H and O–H groups in total. The first-order chi connectivity index (χ1) is 8.15. The molecular formula is C13H15FN2O. The topological polar surface area (TPSA) is 34.1 Å². The van der Waals surface area contributed by atoms with Crippen molar-refractivity contribution in [2.24, 2.45) is 0 Å². The van der Waals surface area contributed by atoms with Crippen molar-refractivity contribution in [2.75, 3.05) is 19.5 Å². The second-order valence-electron chi connectivity index (χ2n) is 3.96. The third-order valence-corrected chi connectivity index (χ3v) is 2.68. The number of anilines is 1. The van der Waals surface area contributed by atoms with Gasteiger partial charge in [0.2, 0.25) is 0 Å². The summed E-state index contributed by atoms with van der Waals surface area (Å²) in [4.78, 5) is 4.48. The monoisotopic (exact) mass is 234 g/mol. The highest BCUT2D eigenvalue weighted by molar-refractivity contribution is 5.93. The lowest BCUT2D eigenvalue weighted by Crippen LogP contribution is -1.99. The van der Waals surface area contributed by atoms with Crippen LogP contribution in [0.5, 0.6) is 0 Å². The van der Waals surface area contributed by atoms with Gasteiger partial charge in [0.25, 0.3) is 0 Å². The molecule has 0 saturated carbocycles. The van der Waals surface area contributed by atoms with E-state index in [1.807, 2.05) is 20.0 Å². The molecule has 2 rings (SSSR count). The molecule has 17 heavy (non-hydrogen) atoms. The molecule has 0 saturated heterocycles. The van der Waals surface area contributed by atoms with E-state index < -0.39 is 0 Å². The van der Waals surface area contributed by atoms with Crippen LogP contribution in [0.3, 0.4) is 0 Å². The molecule has 0 spiro atoms. The van der Waals surface area contributed by atoms with E-state index in [-0.39, 0.29) is 5.82 Å². The predicted molar refractivity (Wildman–Crippen MR) is 66.7 cm³/mol. The molecule has 90 valence electrons. The summed E-state index contributed by atoms with van der Waals surface area (Å²) in [6.45, 7) is 2.30. The van der Waals surface area contributed by atoms with Gasteiger partial charge in [-0.2, -0.15) is 0 Å². The SMILES string of the molecule is CNc1cc(COC)nc2c(C)cc(F)cc12. The minimum absolute atomic E-state index is 0.243. The van der Waals surface area contributed by atoms with E-state index in [1.165, 1.54) is 12.1 Å². The summed E-state index contributed by atoms with van der Waals surface area (Å²) in [5, 5.41) is 3.86. The number of nitrogens with one attached hydrogen (secondary N) is 1. The number of nitrogens with zero attached hydrogens (tertiary/aromatic N) is 1. The van der Waals surface area contributed by atoms with Gasteiger partial charge in [0.05, 0.1) is 17.8 Å². The quantitative estimate of drug-likeness (QED) is 0.886. The molecule has 0 aliphatic heterocycles. The fourth-order valence-electron chi connectivity index (χ4n) is 1.94. The summed E-state index contributed by atoms with van der Waals surface area (Å²) in [5.74, 6) is -0.243. The Morgan fingerprint density at radius 3 is 2.76 bits per heavy atom. The third-order valence-electron chi connectivity index (χ3n) is 2.68. The fraction of sp³-hybridized carbons (Fsp3) is 0.308. The van der Waals surface area contributed by atoms with Crippen LogP contribution in [0.1, 0.15) is 11.3 Å². The number of pyridine rings is 1. The van der Waals surface area contributed by atoms with Crippen LogP contribution in [0.15, 0.2) is 18.2 Å². The lowest BCUT2D eigenvalue weighted by molar-refractivity contribution is 0.182. The summed E-state index contributed by atoms with van der Waals surface area (Å²) in [6.07, 6.45) is 0. The molecule has 1 aromatic carbocycles. The van der Waals surface area contributed by atoms with Gasteiger partial charge >= 0.3 is 0 Å². The lowest BCUT2D eigenvalue weighted by Gasteiger charge is -2.10. The van der Waals surface area contributed by atoms with Crippen molar-refractivity contribution in [1.82, 2.24) is 4.98 Å². The number of fused-ring (bicyclic) bond motifs is 1. The number of hydrogen-bond donors (Lipinski definition) is 1. The Hall–Kier alpha value is -1.68. The normalized spacial score (nSPS) is 10.8. The molecule has 2 aromatic rings. The predicted octanol–water partition coefficient (Wildman–Crippen LogP) is 2.87. The van der Waals surface area contributed by atoms with Gasteiger partial charge in [-0.15, -0.1) is 0 Å². The molecule has 0 unspecified atom stereocenters. The smallest absolute Gasteiger partial charge is 0.124 e. The van der Waals surface area contributed by atoms with Gasteiger partial charge in [0.15, 0.2) is 0 Å². The van der Waals surface area contributed by atoms with E-state index in [4.69, 9.17) is 4.74 Å². The molecule has 1 heterocycles. The summed E-state index contributed by atoms with van der Waals surface area (Å²) in [5.41, 5.74) is 3.34. The molecule has 0 aliphatic rings. The van der Waals surface area contributed by atoms with Crippen molar-refractivity contribution in [3.8, 4) is 0 Å². The molecule has 1 aromatic heterocycles. The van der Waals surface area contributed by atoms with Crippen LogP contribution in [0.2, 0.25) is 0 Å². The van der Waals surface area contributed by atoms with Crippen LogP contribution in [0.25, 0.3) is 10.9 Å². The first-order valence-electron chi connectivity index (χ1n) is 5.42. The van der Waals surface area contributed by atoms with Crippen LogP contribution in [-0.2, 0) is 11.3 Å². The van der Waals surface area contributed by atoms with Gasteiger partial charge in [0.1, 0.15) is 5.82 Å². The molecular weight excluding hydrogens is 219 g/mol. The average Bonchev–Trinajstić information content (AvgIpc) is 2.29. The Bertz CT molecular complexity index is 555. The Labute approximate surface area is 99.6 Å². The van der Waals surface area contributed by atoms with Crippen molar-refractivity contribution in [3.63, 3.8) is 0 Å². The van der Waals surface area contributed by atoms with E-state index >= 15 is 0 Å². The molecule has 0 radical (unpaired) electrons. The molecule has 0 bridgehead atoms. The van der Waals surface area contributed by atoms with Gasteiger partial charge in [-0.3, -0.25) is 0 Å². The van der Waals surface area contributed by atoms with Crippen LogP contribution in [-0.4, -0.2) is 19.1 Å². The highest BCUT2D eigenvalue weighted by Gasteiger charge is 2.08. The average molecular weight is 234 g/mol. The number of halogens is 1. The third kappa shape index (κ3) is 2.22. The first kappa shape index (κ1) is 11.8. The first-order valence-corrected chi connectivity index (χ1v) is 5.42. The maximum atomic E-state index is 13.4. The standard InChI is InChI=1S/C13H15FN2O/c1-8-4-9(14)5-11-12(15-2)6-10(7-17-3)16-13(8)11/h4-6H,7H2,1-3H3,(H,15,16). The van der Waals surface area contributed by atoms with Crippen LogP contribution >= 0.6 is 0 Å². The molecule has 4 heteroatoms. The minimum Gasteiger partial charge on any atom is -0.388 e. The zero-order valence-corrected chi connectivity index (χ0v) is 10.2. The van der Waals surface area contributed by atoms with E-state index in [0.717, 1.165) is 27.8 Å². The van der Waals surface area contributed by atoms with Gasteiger partial charge < -0.3 is 10.1 Å². The largest absolute Gasteiger partial charge is 0.388 e. The Kier molecular flexibility index (Phi) is 3.24. The van der Waals surface area contributed by atoms with E-state index in [2.05, 4.69) is 10.3 Å². The zero-order chi connectivity index (χ0) is 12.4. The Balaban J connectivity index is 2.73. The minimum atomic E-state index is -0.243. The number of rotatable bonds is 3. The molecule has 0 amide bonds. The molecule has 0 atom stereocenters. The lowest BCUT2D eigenvalue weighted by atomic mass is 10.1. The number of benzene rings is 1. The van der Waals surface area contributed by atoms with Gasteiger partial charge in [-0.05, 0) is 30.7 Å². The van der Waals surface area contributed by atoms with Crippen LogP contribution < -0.4 is 5.32 Å². The second kappa shape index (κ2) is 4.67. The van der Waals surface area contributed by atoms with Crippen LogP contribution in [0, 0.1) is 12.7 Å². The van der Waals surface area contributed by atoms with Crippen LogP contribution in [0.4, 0.5) is 10.1 Å². The Morgan fingerprint density at radius 1 is 1.35 bits per heavy atom. The summed E-state index contributed by atoms with van der Waals surface area (Å²) >= 11 is 0. The van der Waals surface area contributed by atoms with E-state index in [1.54, 1.807) is 7.11 Å². The molecule has 0 fully saturated rings. The molecule has 3 nitrogen and oxygen atoms in total. The number of aromatic nitrogens is 1. The van der Waals surface area contributed by atoms with Crippen molar-refractivity contribution in [3.05, 3.63) is 35.3 Å². The summed E-state index contributed by atoms with van der Waals surface area (Å²) < 4.78 is 18.5. The van der Waals surface area contributed by atoms with Gasteiger partial charge in [-0.25, -0.2) is 9.37 Å². The zero-order valence-electron chi connectivity index (χ0n) is 10.2. The second-order valence-corrected chi connectivity index (χ2v) is 3.96. The molecule has 0 aliphatic carbocycles. The Morgan fingerprint density at radius 2 is 2.12 bits per heavy atom.